The minimum absolute atomic E-state index is 0.503. The third-order valence-electron chi connectivity index (χ3n) is 4.86. The predicted octanol–water partition coefficient (Wildman–Crippen LogP) is 5.34. The summed E-state index contributed by atoms with van der Waals surface area (Å²) >= 11 is 0. The van der Waals surface area contributed by atoms with Crippen molar-refractivity contribution < 1.29 is 4.74 Å². The Balaban J connectivity index is 1.85. The molecule has 1 aliphatic rings. The SMILES string of the molecule is COc1ccccc1-c1cc(-c2ccccc2)n(C2CCCC2)n1. The van der Waals surface area contributed by atoms with E-state index in [0.29, 0.717) is 6.04 Å². The third kappa shape index (κ3) is 2.71. The number of para-hydroxylation sites is 1. The number of hydrogen-bond acceptors (Lipinski definition) is 2. The van der Waals surface area contributed by atoms with Crippen LogP contribution in [0.3, 0.4) is 0 Å². The molecule has 1 aliphatic carbocycles. The van der Waals surface area contributed by atoms with Crippen molar-refractivity contribution in [1.82, 2.24) is 9.78 Å². The normalized spacial score (nSPS) is 14.9. The van der Waals surface area contributed by atoms with Gasteiger partial charge in [-0.05, 0) is 36.6 Å². The van der Waals surface area contributed by atoms with E-state index in [1.165, 1.54) is 36.9 Å². The number of aromatic nitrogens is 2. The molecule has 3 aromatic rings. The molecule has 0 spiro atoms. The van der Waals surface area contributed by atoms with E-state index in [4.69, 9.17) is 9.84 Å². The zero-order chi connectivity index (χ0) is 16.4. The molecule has 4 rings (SSSR count). The molecule has 1 fully saturated rings. The molecule has 2 aromatic carbocycles. The van der Waals surface area contributed by atoms with Gasteiger partial charge in [0.1, 0.15) is 5.75 Å². The van der Waals surface area contributed by atoms with Gasteiger partial charge in [-0.2, -0.15) is 5.10 Å². The van der Waals surface area contributed by atoms with E-state index in [0.717, 1.165) is 17.0 Å². The van der Waals surface area contributed by atoms with E-state index in [1.807, 2.05) is 18.2 Å². The van der Waals surface area contributed by atoms with E-state index in [-0.39, 0.29) is 0 Å². The first kappa shape index (κ1) is 15.0. The van der Waals surface area contributed by atoms with Crippen LogP contribution in [0, 0.1) is 0 Å². The lowest BCUT2D eigenvalue weighted by atomic mass is 10.1. The van der Waals surface area contributed by atoms with Gasteiger partial charge in [0.2, 0.25) is 0 Å². The average molecular weight is 318 g/mol. The molecule has 0 atom stereocenters. The standard InChI is InChI=1S/C21H22N2O/c1-24-21-14-8-7-13-18(21)19-15-20(16-9-3-2-4-10-16)23(22-19)17-11-5-6-12-17/h2-4,7-10,13-15,17H,5-6,11-12H2,1H3. The van der Waals surface area contributed by atoms with E-state index in [9.17, 15) is 0 Å². The number of nitrogens with zero attached hydrogens (tertiary/aromatic N) is 2. The second-order valence-corrected chi connectivity index (χ2v) is 6.36. The lowest BCUT2D eigenvalue weighted by Crippen LogP contribution is -2.08. The number of benzene rings is 2. The first-order valence-electron chi connectivity index (χ1n) is 8.65. The Morgan fingerprint density at radius 3 is 2.42 bits per heavy atom. The highest BCUT2D eigenvalue weighted by Crippen LogP contribution is 2.37. The largest absolute Gasteiger partial charge is 0.496 e. The fourth-order valence-corrected chi connectivity index (χ4v) is 3.63. The van der Waals surface area contributed by atoms with Crippen LogP contribution in [-0.2, 0) is 0 Å². The predicted molar refractivity (Wildman–Crippen MR) is 97.2 cm³/mol. The summed E-state index contributed by atoms with van der Waals surface area (Å²) in [7, 11) is 1.71. The maximum Gasteiger partial charge on any atom is 0.128 e. The monoisotopic (exact) mass is 318 g/mol. The Kier molecular flexibility index (Phi) is 4.08. The number of methoxy groups -OCH3 is 1. The van der Waals surface area contributed by atoms with E-state index >= 15 is 0 Å². The molecule has 1 saturated carbocycles. The van der Waals surface area contributed by atoms with Gasteiger partial charge in [0, 0.05) is 5.56 Å². The minimum atomic E-state index is 0.503. The number of hydrogen-bond donors (Lipinski definition) is 0. The van der Waals surface area contributed by atoms with Crippen LogP contribution < -0.4 is 4.74 Å². The van der Waals surface area contributed by atoms with Crippen LogP contribution >= 0.6 is 0 Å². The number of rotatable bonds is 4. The molecule has 0 N–H and O–H groups in total. The van der Waals surface area contributed by atoms with Gasteiger partial charge in [-0.3, -0.25) is 4.68 Å². The molecule has 3 nitrogen and oxygen atoms in total. The Bertz CT molecular complexity index is 817. The van der Waals surface area contributed by atoms with Crippen molar-refractivity contribution in [1.29, 1.82) is 0 Å². The van der Waals surface area contributed by atoms with Crippen LogP contribution in [0.4, 0.5) is 0 Å². The summed E-state index contributed by atoms with van der Waals surface area (Å²) in [5.74, 6) is 0.869. The van der Waals surface area contributed by atoms with E-state index < -0.39 is 0 Å². The fraction of sp³-hybridized carbons (Fsp3) is 0.286. The summed E-state index contributed by atoms with van der Waals surface area (Å²) in [6, 6.07) is 21.4. The lowest BCUT2D eigenvalue weighted by Gasteiger charge is -2.14. The highest BCUT2D eigenvalue weighted by atomic mass is 16.5. The van der Waals surface area contributed by atoms with Crippen molar-refractivity contribution in [2.75, 3.05) is 7.11 Å². The van der Waals surface area contributed by atoms with Crippen molar-refractivity contribution in [3.63, 3.8) is 0 Å². The maximum absolute atomic E-state index is 5.53. The van der Waals surface area contributed by atoms with E-state index in [2.05, 4.69) is 47.1 Å². The third-order valence-corrected chi connectivity index (χ3v) is 4.86. The summed E-state index contributed by atoms with van der Waals surface area (Å²) in [6.07, 6.45) is 5.02. The Labute approximate surface area is 142 Å². The van der Waals surface area contributed by atoms with Crippen molar-refractivity contribution >= 4 is 0 Å². The summed E-state index contributed by atoms with van der Waals surface area (Å²) < 4.78 is 7.77. The Hall–Kier alpha value is -2.55. The smallest absolute Gasteiger partial charge is 0.128 e. The highest BCUT2D eigenvalue weighted by molar-refractivity contribution is 5.72. The van der Waals surface area contributed by atoms with Gasteiger partial charge in [-0.1, -0.05) is 55.3 Å². The van der Waals surface area contributed by atoms with Gasteiger partial charge in [-0.15, -0.1) is 0 Å². The molecule has 122 valence electrons. The molecule has 0 aliphatic heterocycles. The van der Waals surface area contributed by atoms with Crippen LogP contribution in [0.25, 0.3) is 22.5 Å². The maximum atomic E-state index is 5.53. The molecular formula is C21H22N2O. The average Bonchev–Trinajstić information content (AvgIpc) is 3.32. The van der Waals surface area contributed by atoms with Crippen LogP contribution in [-0.4, -0.2) is 16.9 Å². The van der Waals surface area contributed by atoms with Crippen LogP contribution in [0.1, 0.15) is 31.7 Å². The fourth-order valence-electron chi connectivity index (χ4n) is 3.63. The second kappa shape index (κ2) is 6.52. The molecule has 1 aromatic heterocycles. The van der Waals surface area contributed by atoms with Gasteiger partial charge < -0.3 is 4.74 Å². The van der Waals surface area contributed by atoms with Gasteiger partial charge in [0.15, 0.2) is 0 Å². The van der Waals surface area contributed by atoms with Crippen LogP contribution in [0.2, 0.25) is 0 Å². The summed E-state index contributed by atoms with van der Waals surface area (Å²) in [5, 5.41) is 4.98. The zero-order valence-electron chi connectivity index (χ0n) is 14.0. The molecule has 0 radical (unpaired) electrons. The Morgan fingerprint density at radius 1 is 0.958 bits per heavy atom. The molecule has 0 saturated heterocycles. The van der Waals surface area contributed by atoms with Crippen LogP contribution in [0.5, 0.6) is 5.75 Å². The molecule has 0 amide bonds. The first-order valence-corrected chi connectivity index (χ1v) is 8.65. The zero-order valence-corrected chi connectivity index (χ0v) is 14.0. The topological polar surface area (TPSA) is 27.1 Å². The molecule has 24 heavy (non-hydrogen) atoms. The molecule has 0 unspecified atom stereocenters. The highest BCUT2D eigenvalue weighted by Gasteiger charge is 2.23. The molecule has 0 bridgehead atoms. The van der Waals surface area contributed by atoms with Gasteiger partial charge in [0.25, 0.3) is 0 Å². The summed E-state index contributed by atoms with van der Waals surface area (Å²) in [5.41, 5.74) is 4.45. The first-order chi connectivity index (χ1) is 11.9. The van der Waals surface area contributed by atoms with Crippen molar-refractivity contribution in [2.45, 2.75) is 31.7 Å². The summed E-state index contributed by atoms with van der Waals surface area (Å²) in [4.78, 5) is 0. The van der Waals surface area contributed by atoms with Crippen LogP contribution in [0.15, 0.2) is 60.7 Å². The molecular weight excluding hydrogens is 296 g/mol. The quantitative estimate of drug-likeness (QED) is 0.649. The van der Waals surface area contributed by atoms with E-state index in [1.54, 1.807) is 7.11 Å². The summed E-state index contributed by atoms with van der Waals surface area (Å²) in [6.45, 7) is 0. The van der Waals surface area contributed by atoms with Gasteiger partial charge >= 0.3 is 0 Å². The van der Waals surface area contributed by atoms with Gasteiger partial charge in [-0.25, -0.2) is 0 Å². The van der Waals surface area contributed by atoms with Crippen molar-refractivity contribution in [3.05, 3.63) is 60.7 Å². The lowest BCUT2D eigenvalue weighted by molar-refractivity contribution is 0.416. The Morgan fingerprint density at radius 2 is 1.67 bits per heavy atom. The number of ether oxygens (including phenoxy) is 1. The van der Waals surface area contributed by atoms with Gasteiger partial charge in [0.05, 0.1) is 24.5 Å². The van der Waals surface area contributed by atoms with Crippen molar-refractivity contribution in [2.24, 2.45) is 0 Å². The molecule has 1 heterocycles. The second-order valence-electron chi connectivity index (χ2n) is 6.36. The van der Waals surface area contributed by atoms with Crippen molar-refractivity contribution in [3.8, 4) is 28.3 Å². The minimum Gasteiger partial charge on any atom is -0.496 e. The molecule has 3 heteroatoms.